The molecule has 0 saturated carbocycles. The van der Waals surface area contributed by atoms with Gasteiger partial charge in [-0.3, -0.25) is 4.79 Å². The first kappa shape index (κ1) is 19.8. The highest BCUT2D eigenvalue weighted by atomic mass is 16.5. The molecule has 0 bridgehead atoms. The van der Waals surface area contributed by atoms with Crippen LogP contribution in [0.5, 0.6) is 0 Å². The molecule has 0 atom stereocenters. The molecule has 1 amide bonds. The van der Waals surface area contributed by atoms with Gasteiger partial charge in [0, 0.05) is 31.5 Å². The summed E-state index contributed by atoms with van der Waals surface area (Å²) in [6.45, 7) is 0.625. The molecule has 2 heterocycles. The third-order valence-electron chi connectivity index (χ3n) is 5.22. The van der Waals surface area contributed by atoms with E-state index in [1.807, 2.05) is 36.4 Å². The second-order valence-electron chi connectivity index (χ2n) is 7.21. The standard InChI is InChI=1S/C23H23N3O4/c1-29-23(28)18-9-5-11-19-17(18)10-6-14-26(19)22(27)13-12-21-24-20(25-30-21)15-16-7-3-2-4-8-16/h2-5,7-9,11H,6,10,12-15H2,1H3. The molecule has 0 radical (unpaired) electrons. The van der Waals surface area contributed by atoms with Gasteiger partial charge >= 0.3 is 5.97 Å². The fraction of sp³-hybridized carbons (Fsp3) is 0.304. The number of carbonyl (C=O) groups is 2. The quantitative estimate of drug-likeness (QED) is 0.585. The van der Waals surface area contributed by atoms with Crippen LogP contribution in [-0.4, -0.2) is 35.7 Å². The lowest BCUT2D eigenvalue weighted by Crippen LogP contribution is -2.36. The summed E-state index contributed by atoms with van der Waals surface area (Å²) < 4.78 is 10.2. The van der Waals surface area contributed by atoms with Crippen molar-refractivity contribution in [3.8, 4) is 0 Å². The van der Waals surface area contributed by atoms with Gasteiger partial charge in [0.1, 0.15) is 0 Å². The molecule has 2 aromatic carbocycles. The zero-order valence-corrected chi connectivity index (χ0v) is 16.8. The summed E-state index contributed by atoms with van der Waals surface area (Å²) in [4.78, 5) is 31.1. The Morgan fingerprint density at radius 3 is 2.77 bits per heavy atom. The summed E-state index contributed by atoms with van der Waals surface area (Å²) in [6.07, 6.45) is 2.78. The smallest absolute Gasteiger partial charge is 0.338 e. The summed E-state index contributed by atoms with van der Waals surface area (Å²) in [5.41, 5.74) is 3.28. The summed E-state index contributed by atoms with van der Waals surface area (Å²) in [6, 6.07) is 15.3. The summed E-state index contributed by atoms with van der Waals surface area (Å²) >= 11 is 0. The zero-order chi connectivity index (χ0) is 20.9. The average molecular weight is 405 g/mol. The van der Waals surface area contributed by atoms with Crippen molar-refractivity contribution in [2.75, 3.05) is 18.6 Å². The summed E-state index contributed by atoms with van der Waals surface area (Å²) in [7, 11) is 1.37. The number of esters is 1. The number of ether oxygens (including phenoxy) is 1. The largest absolute Gasteiger partial charge is 0.465 e. The van der Waals surface area contributed by atoms with Crippen LogP contribution < -0.4 is 4.90 Å². The Hall–Kier alpha value is -3.48. The lowest BCUT2D eigenvalue weighted by atomic mass is 9.96. The minimum atomic E-state index is -0.377. The van der Waals surface area contributed by atoms with Gasteiger partial charge in [0.25, 0.3) is 0 Å². The van der Waals surface area contributed by atoms with Crippen LogP contribution in [0, 0.1) is 0 Å². The number of amides is 1. The van der Waals surface area contributed by atoms with Crippen molar-refractivity contribution in [3.05, 3.63) is 76.9 Å². The van der Waals surface area contributed by atoms with Gasteiger partial charge in [0.2, 0.25) is 11.8 Å². The fourth-order valence-electron chi connectivity index (χ4n) is 3.78. The molecule has 7 heteroatoms. The van der Waals surface area contributed by atoms with Crippen LogP contribution in [0.1, 0.15) is 46.0 Å². The van der Waals surface area contributed by atoms with E-state index in [9.17, 15) is 9.59 Å². The Labute approximate surface area is 174 Å². The Bertz CT molecular complexity index is 1050. The Morgan fingerprint density at radius 2 is 1.97 bits per heavy atom. The lowest BCUT2D eigenvalue weighted by molar-refractivity contribution is -0.118. The number of benzene rings is 2. The van der Waals surface area contributed by atoms with Crippen LogP contribution in [0.2, 0.25) is 0 Å². The van der Waals surface area contributed by atoms with E-state index in [1.54, 1.807) is 17.0 Å². The summed E-state index contributed by atoms with van der Waals surface area (Å²) in [5.74, 6) is 0.656. The average Bonchev–Trinajstić information content (AvgIpc) is 3.24. The van der Waals surface area contributed by atoms with Crippen molar-refractivity contribution in [1.82, 2.24) is 10.1 Å². The molecule has 0 N–H and O–H groups in total. The molecule has 0 aliphatic carbocycles. The van der Waals surface area contributed by atoms with E-state index in [4.69, 9.17) is 9.26 Å². The number of fused-ring (bicyclic) bond motifs is 1. The highest BCUT2D eigenvalue weighted by Gasteiger charge is 2.26. The van der Waals surface area contributed by atoms with E-state index in [1.165, 1.54) is 7.11 Å². The van der Waals surface area contributed by atoms with Gasteiger partial charge in [0.05, 0.1) is 12.7 Å². The first-order valence-corrected chi connectivity index (χ1v) is 10.0. The van der Waals surface area contributed by atoms with E-state index in [2.05, 4.69) is 10.1 Å². The van der Waals surface area contributed by atoms with Gasteiger partial charge in [-0.2, -0.15) is 4.98 Å². The molecule has 4 rings (SSSR count). The van der Waals surface area contributed by atoms with E-state index in [0.29, 0.717) is 36.7 Å². The molecule has 30 heavy (non-hydrogen) atoms. The molecular formula is C23H23N3O4. The Balaban J connectivity index is 1.42. The highest BCUT2D eigenvalue weighted by molar-refractivity contribution is 5.98. The number of hydrogen-bond donors (Lipinski definition) is 0. The minimum Gasteiger partial charge on any atom is -0.465 e. The second kappa shape index (κ2) is 8.90. The second-order valence-corrected chi connectivity index (χ2v) is 7.21. The lowest BCUT2D eigenvalue weighted by Gasteiger charge is -2.30. The predicted molar refractivity (Wildman–Crippen MR) is 110 cm³/mol. The normalized spacial score (nSPS) is 13.0. The Kier molecular flexibility index (Phi) is 5.88. The number of methoxy groups -OCH3 is 1. The number of nitrogens with zero attached hydrogens (tertiary/aromatic N) is 3. The Morgan fingerprint density at radius 1 is 1.13 bits per heavy atom. The molecule has 0 spiro atoms. The number of aromatic nitrogens is 2. The number of aryl methyl sites for hydroxylation is 1. The molecule has 0 unspecified atom stereocenters. The minimum absolute atomic E-state index is 0.0271. The van der Waals surface area contributed by atoms with E-state index in [0.717, 1.165) is 29.7 Å². The first-order valence-electron chi connectivity index (χ1n) is 10.0. The third kappa shape index (κ3) is 4.25. The molecule has 1 aromatic heterocycles. The SMILES string of the molecule is COC(=O)c1cccc2c1CCCN2C(=O)CCc1nc(Cc2ccccc2)no1. The van der Waals surface area contributed by atoms with Crippen LogP contribution >= 0.6 is 0 Å². The van der Waals surface area contributed by atoms with Gasteiger partial charge in [-0.05, 0) is 36.1 Å². The highest BCUT2D eigenvalue weighted by Crippen LogP contribution is 2.31. The molecule has 0 saturated heterocycles. The topological polar surface area (TPSA) is 85.5 Å². The van der Waals surface area contributed by atoms with Crippen molar-refractivity contribution in [2.45, 2.75) is 32.1 Å². The maximum absolute atomic E-state index is 12.9. The van der Waals surface area contributed by atoms with Crippen LogP contribution in [0.3, 0.4) is 0 Å². The van der Waals surface area contributed by atoms with Crippen LogP contribution in [0.4, 0.5) is 5.69 Å². The van der Waals surface area contributed by atoms with Crippen molar-refractivity contribution in [2.24, 2.45) is 0 Å². The van der Waals surface area contributed by atoms with E-state index >= 15 is 0 Å². The molecular weight excluding hydrogens is 382 g/mol. The molecule has 154 valence electrons. The van der Waals surface area contributed by atoms with Crippen molar-refractivity contribution in [3.63, 3.8) is 0 Å². The molecule has 1 aliphatic heterocycles. The van der Waals surface area contributed by atoms with Crippen LogP contribution in [-0.2, 0) is 28.8 Å². The number of rotatable bonds is 6. The summed E-state index contributed by atoms with van der Waals surface area (Å²) in [5, 5.41) is 4.02. The molecule has 3 aromatic rings. The van der Waals surface area contributed by atoms with Gasteiger partial charge in [0.15, 0.2) is 5.82 Å². The van der Waals surface area contributed by atoms with E-state index < -0.39 is 0 Å². The number of hydrogen-bond acceptors (Lipinski definition) is 6. The van der Waals surface area contributed by atoms with Crippen molar-refractivity contribution < 1.29 is 18.8 Å². The van der Waals surface area contributed by atoms with Crippen LogP contribution in [0.25, 0.3) is 0 Å². The zero-order valence-electron chi connectivity index (χ0n) is 16.8. The monoisotopic (exact) mass is 405 g/mol. The van der Waals surface area contributed by atoms with Gasteiger partial charge in [-0.25, -0.2) is 4.79 Å². The maximum Gasteiger partial charge on any atom is 0.338 e. The van der Waals surface area contributed by atoms with Crippen molar-refractivity contribution in [1.29, 1.82) is 0 Å². The molecule has 0 fully saturated rings. The number of carbonyl (C=O) groups excluding carboxylic acids is 2. The molecule has 1 aliphatic rings. The predicted octanol–water partition coefficient (Wildman–Crippen LogP) is 3.36. The first-order chi connectivity index (χ1) is 14.7. The molecule has 7 nitrogen and oxygen atoms in total. The van der Waals surface area contributed by atoms with Crippen LogP contribution in [0.15, 0.2) is 53.1 Å². The number of anilines is 1. The van der Waals surface area contributed by atoms with Gasteiger partial charge in [-0.1, -0.05) is 41.6 Å². The van der Waals surface area contributed by atoms with Gasteiger partial charge < -0.3 is 14.2 Å². The van der Waals surface area contributed by atoms with E-state index in [-0.39, 0.29) is 18.3 Å². The van der Waals surface area contributed by atoms with Gasteiger partial charge in [-0.15, -0.1) is 0 Å². The van der Waals surface area contributed by atoms with Crippen molar-refractivity contribution >= 4 is 17.6 Å². The third-order valence-corrected chi connectivity index (χ3v) is 5.22. The fourth-order valence-corrected chi connectivity index (χ4v) is 3.78. The maximum atomic E-state index is 12.9.